The van der Waals surface area contributed by atoms with E-state index >= 15 is 0 Å². The number of benzene rings is 1. The SMILES string of the molecule is CCC(C(=O)O)c1ccc(NCC(=O)OC(C)(C)C)cc1. The van der Waals surface area contributed by atoms with Crippen molar-refractivity contribution in [2.24, 2.45) is 0 Å². The quantitative estimate of drug-likeness (QED) is 0.788. The largest absolute Gasteiger partial charge is 0.481 e. The van der Waals surface area contributed by atoms with Crippen molar-refractivity contribution in [3.8, 4) is 0 Å². The third-order valence-corrected chi connectivity index (χ3v) is 2.88. The zero-order valence-electron chi connectivity index (χ0n) is 13.0. The number of anilines is 1. The van der Waals surface area contributed by atoms with Crippen LogP contribution < -0.4 is 5.32 Å². The smallest absolute Gasteiger partial charge is 0.325 e. The van der Waals surface area contributed by atoms with Crippen molar-refractivity contribution in [1.29, 1.82) is 0 Å². The number of carbonyl (C=O) groups excluding carboxylic acids is 1. The highest BCUT2D eigenvalue weighted by Gasteiger charge is 2.18. The van der Waals surface area contributed by atoms with E-state index in [1.807, 2.05) is 27.7 Å². The second-order valence-corrected chi connectivity index (χ2v) is 5.86. The first-order valence-electron chi connectivity index (χ1n) is 7.01. The molecule has 2 N–H and O–H groups in total. The summed E-state index contributed by atoms with van der Waals surface area (Å²) >= 11 is 0. The number of rotatable bonds is 6. The van der Waals surface area contributed by atoms with Crippen LogP contribution in [0.25, 0.3) is 0 Å². The molecule has 0 amide bonds. The van der Waals surface area contributed by atoms with Crippen LogP contribution in [0.2, 0.25) is 0 Å². The second kappa shape index (κ2) is 7.11. The molecule has 1 rings (SSSR count). The van der Waals surface area contributed by atoms with Gasteiger partial charge in [0.25, 0.3) is 0 Å². The number of carboxylic acid groups (broad SMARTS) is 1. The third-order valence-electron chi connectivity index (χ3n) is 2.88. The molecule has 0 heterocycles. The van der Waals surface area contributed by atoms with Gasteiger partial charge in [-0.15, -0.1) is 0 Å². The molecule has 116 valence electrons. The molecule has 0 saturated carbocycles. The van der Waals surface area contributed by atoms with Gasteiger partial charge in [-0.25, -0.2) is 0 Å². The summed E-state index contributed by atoms with van der Waals surface area (Å²) in [6, 6.07) is 7.07. The summed E-state index contributed by atoms with van der Waals surface area (Å²) in [5, 5.41) is 12.1. The summed E-state index contributed by atoms with van der Waals surface area (Å²) in [6.45, 7) is 7.36. The Labute approximate surface area is 125 Å². The molecule has 0 fully saturated rings. The van der Waals surface area contributed by atoms with E-state index in [2.05, 4.69) is 5.32 Å². The van der Waals surface area contributed by atoms with Crippen LogP contribution in [0.15, 0.2) is 24.3 Å². The van der Waals surface area contributed by atoms with Crippen LogP contribution in [0.5, 0.6) is 0 Å². The number of carbonyl (C=O) groups is 2. The summed E-state index contributed by atoms with van der Waals surface area (Å²) in [5.41, 5.74) is 1.01. The van der Waals surface area contributed by atoms with E-state index in [0.29, 0.717) is 6.42 Å². The fourth-order valence-corrected chi connectivity index (χ4v) is 1.94. The Morgan fingerprint density at radius 2 is 1.81 bits per heavy atom. The van der Waals surface area contributed by atoms with Crippen LogP contribution in [-0.4, -0.2) is 29.2 Å². The van der Waals surface area contributed by atoms with Crippen molar-refractivity contribution in [2.45, 2.75) is 45.6 Å². The standard InChI is InChI=1S/C16H23NO4/c1-5-13(15(19)20)11-6-8-12(9-7-11)17-10-14(18)21-16(2,3)4/h6-9,13,17H,5,10H2,1-4H3,(H,19,20). The van der Waals surface area contributed by atoms with Crippen LogP contribution >= 0.6 is 0 Å². The zero-order valence-corrected chi connectivity index (χ0v) is 13.0. The Balaban J connectivity index is 2.59. The van der Waals surface area contributed by atoms with Crippen molar-refractivity contribution < 1.29 is 19.4 Å². The van der Waals surface area contributed by atoms with Crippen LogP contribution in [0, 0.1) is 0 Å². The molecule has 1 aromatic rings. The Hall–Kier alpha value is -2.04. The van der Waals surface area contributed by atoms with E-state index in [-0.39, 0.29) is 12.5 Å². The zero-order chi connectivity index (χ0) is 16.0. The van der Waals surface area contributed by atoms with Gasteiger partial charge >= 0.3 is 11.9 Å². The summed E-state index contributed by atoms with van der Waals surface area (Å²) in [6.07, 6.45) is 0.542. The van der Waals surface area contributed by atoms with E-state index in [4.69, 9.17) is 9.84 Å². The van der Waals surface area contributed by atoms with Crippen molar-refractivity contribution in [3.63, 3.8) is 0 Å². The number of hydrogen-bond donors (Lipinski definition) is 2. The summed E-state index contributed by atoms with van der Waals surface area (Å²) in [4.78, 5) is 22.7. The number of carboxylic acids is 1. The Morgan fingerprint density at radius 1 is 1.24 bits per heavy atom. The molecular weight excluding hydrogens is 270 g/mol. The van der Waals surface area contributed by atoms with E-state index < -0.39 is 17.5 Å². The molecule has 0 aliphatic carbocycles. The maximum atomic E-state index is 11.6. The highest BCUT2D eigenvalue weighted by Crippen LogP contribution is 2.21. The Morgan fingerprint density at radius 3 is 2.24 bits per heavy atom. The molecule has 0 aliphatic heterocycles. The van der Waals surface area contributed by atoms with Gasteiger partial charge in [-0.05, 0) is 44.9 Å². The number of esters is 1. The maximum absolute atomic E-state index is 11.6. The molecule has 1 atom stereocenters. The van der Waals surface area contributed by atoms with Crippen LogP contribution in [0.4, 0.5) is 5.69 Å². The van der Waals surface area contributed by atoms with Crippen LogP contribution in [0.1, 0.15) is 45.6 Å². The van der Waals surface area contributed by atoms with Gasteiger partial charge in [-0.1, -0.05) is 19.1 Å². The molecule has 1 unspecified atom stereocenters. The van der Waals surface area contributed by atoms with Crippen LogP contribution in [-0.2, 0) is 14.3 Å². The predicted octanol–water partition coefficient (Wildman–Crippen LogP) is 3.02. The van der Waals surface area contributed by atoms with Gasteiger partial charge in [0.15, 0.2) is 0 Å². The first kappa shape index (κ1) is 17.0. The molecule has 1 aromatic carbocycles. The highest BCUT2D eigenvalue weighted by molar-refractivity contribution is 5.77. The first-order valence-corrected chi connectivity index (χ1v) is 7.01. The van der Waals surface area contributed by atoms with Crippen molar-refractivity contribution in [1.82, 2.24) is 0 Å². The normalized spacial score (nSPS) is 12.6. The number of hydrogen-bond acceptors (Lipinski definition) is 4. The average Bonchev–Trinajstić information content (AvgIpc) is 2.36. The maximum Gasteiger partial charge on any atom is 0.325 e. The van der Waals surface area contributed by atoms with Gasteiger partial charge in [0.2, 0.25) is 0 Å². The monoisotopic (exact) mass is 293 g/mol. The van der Waals surface area contributed by atoms with Gasteiger partial charge in [0.1, 0.15) is 12.1 Å². The predicted molar refractivity (Wildman–Crippen MR) is 81.4 cm³/mol. The molecule has 0 bridgehead atoms. The van der Waals surface area contributed by atoms with Gasteiger partial charge in [0, 0.05) is 5.69 Å². The lowest BCUT2D eigenvalue weighted by atomic mass is 9.96. The fourth-order valence-electron chi connectivity index (χ4n) is 1.94. The molecule has 0 aromatic heterocycles. The Kier molecular flexibility index (Phi) is 5.76. The van der Waals surface area contributed by atoms with Crippen molar-refractivity contribution in [3.05, 3.63) is 29.8 Å². The fraction of sp³-hybridized carbons (Fsp3) is 0.500. The molecule has 0 saturated heterocycles. The van der Waals surface area contributed by atoms with Gasteiger partial charge in [0.05, 0.1) is 5.92 Å². The molecule has 5 nitrogen and oxygen atoms in total. The topological polar surface area (TPSA) is 75.6 Å². The molecule has 21 heavy (non-hydrogen) atoms. The molecule has 0 aliphatic rings. The minimum atomic E-state index is -0.827. The summed E-state index contributed by atoms with van der Waals surface area (Å²) in [7, 11) is 0. The summed E-state index contributed by atoms with van der Waals surface area (Å²) in [5.74, 6) is -1.65. The second-order valence-electron chi connectivity index (χ2n) is 5.86. The lowest BCUT2D eigenvalue weighted by molar-refractivity contribution is -0.152. The van der Waals surface area contributed by atoms with E-state index in [1.165, 1.54) is 0 Å². The molecule has 5 heteroatoms. The minimum absolute atomic E-state index is 0.0761. The lowest BCUT2D eigenvalue weighted by Crippen LogP contribution is -2.28. The van der Waals surface area contributed by atoms with Gasteiger partial charge in [-0.3, -0.25) is 9.59 Å². The lowest BCUT2D eigenvalue weighted by Gasteiger charge is -2.19. The van der Waals surface area contributed by atoms with E-state index in [9.17, 15) is 9.59 Å². The van der Waals surface area contributed by atoms with Gasteiger partial charge in [-0.2, -0.15) is 0 Å². The highest BCUT2D eigenvalue weighted by atomic mass is 16.6. The average molecular weight is 293 g/mol. The van der Waals surface area contributed by atoms with Crippen LogP contribution in [0.3, 0.4) is 0 Å². The third kappa shape index (κ3) is 5.85. The minimum Gasteiger partial charge on any atom is -0.481 e. The summed E-state index contributed by atoms with van der Waals surface area (Å²) < 4.78 is 5.19. The molecular formula is C16H23NO4. The number of aliphatic carboxylic acids is 1. The van der Waals surface area contributed by atoms with Gasteiger partial charge < -0.3 is 15.2 Å². The number of nitrogens with one attached hydrogen (secondary N) is 1. The number of ether oxygens (including phenoxy) is 1. The van der Waals surface area contributed by atoms with Crippen molar-refractivity contribution in [2.75, 3.05) is 11.9 Å². The van der Waals surface area contributed by atoms with Crippen molar-refractivity contribution >= 4 is 17.6 Å². The Bertz CT molecular complexity index is 488. The first-order chi connectivity index (χ1) is 9.73. The van der Waals surface area contributed by atoms with E-state index in [0.717, 1.165) is 11.3 Å². The molecule has 0 spiro atoms. The van der Waals surface area contributed by atoms with E-state index in [1.54, 1.807) is 24.3 Å². The molecule has 0 radical (unpaired) electrons.